The second-order valence-corrected chi connectivity index (χ2v) is 2.81. The minimum absolute atomic E-state index is 0.443. The molecule has 84 valence electrons. The van der Waals surface area contributed by atoms with E-state index in [1.54, 1.807) is 0 Å². The molecule has 0 saturated heterocycles. The summed E-state index contributed by atoms with van der Waals surface area (Å²) >= 11 is 0. The molecule has 0 aliphatic carbocycles. The van der Waals surface area contributed by atoms with Crippen molar-refractivity contribution in [1.29, 1.82) is 0 Å². The number of aliphatic hydroxyl groups excluding tert-OH is 1. The molecule has 1 rings (SSSR count). The quantitative estimate of drug-likeness (QED) is 0.781. The molecule has 0 amide bonds. The zero-order valence-electron chi connectivity index (χ0n) is 7.73. The summed E-state index contributed by atoms with van der Waals surface area (Å²) < 4.78 is 54.5. The van der Waals surface area contributed by atoms with Gasteiger partial charge in [-0.05, 0) is 12.1 Å². The molecule has 0 radical (unpaired) electrons. The molecule has 0 aliphatic heterocycles. The molecule has 0 bridgehead atoms. The molecular formula is C9H8F4O2. The summed E-state index contributed by atoms with van der Waals surface area (Å²) in [4.78, 5) is 0. The summed E-state index contributed by atoms with van der Waals surface area (Å²) in [6, 6.07) is 1.10. The molecule has 1 N–H and O–H groups in total. The van der Waals surface area contributed by atoms with E-state index in [4.69, 9.17) is 5.11 Å². The predicted molar refractivity (Wildman–Crippen MR) is 43.9 cm³/mol. The van der Waals surface area contributed by atoms with Crippen LogP contribution >= 0.6 is 0 Å². The van der Waals surface area contributed by atoms with Gasteiger partial charge in [-0.25, -0.2) is 4.39 Å². The maximum atomic E-state index is 13.2. The fourth-order valence-corrected chi connectivity index (χ4v) is 1.08. The highest BCUT2D eigenvalue weighted by Gasteiger charge is 2.32. The number of methoxy groups -OCH3 is 1. The Balaban J connectivity index is 3.33. The largest absolute Gasteiger partial charge is 0.494 e. The van der Waals surface area contributed by atoms with Gasteiger partial charge in [-0.1, -0.05) is 0 Å². The molecule has 1 aromatic carbocycles. The van der Waals surface area contributed by atoms with Crippen molar-refractivity contribution in [3.8, 4) is 5.75 Å². The Morgan fingerprint density at radius 1 is 1.33 bits per heavy atom. The molecule has 0 spiro atoms. The Kier molecular flexibility index (Phi) is 3.18. The van der Waals surface area contributed by atoms with Gasteiger partial charge in [0.05, 0.1) is 19.3 Å². The van der Waals surface area contributed by atoms with Crippen LogP contribution in [0.15, 0.2) is 12.1 Å². The second kappa shape index (κ2) is 4.06. The third kappa shape index (κ3) is 2.38. The highest BCUT2D eigenvalue weighted by atomic mass is 19.4. The maximum absolute atomic E-state index is 13.2. The molecular weight excluding hydrogens is 216 g/mol. The van der Waals surface area contributed by atoms with Crippen molar-refractivity contribution in [1.82, 2.24) is 0 Å². The molecule has 15 heavy (non-hydrogen) atoms. The van der Waals surface area contributed by atoms with Crippen LogP contribution in [0, 0.1) is 5.82 Å². The van der Waals surface area contributed by atoms with E-state index in [9.17, 15) is 17.6 Å². The number of alkyl halides is 3. The van der Waals surface area contributed by atoms with Crippen LogP contribution in [0.25, 0.3) is 0 Å². The summed E-state index contributed by atoms with van der Waals surface area (Å²) in [5, 5.41) is 8.67. The number of ether oxygens (including phenoxy) is 1. The van der Waals surface area contributed by atoms with E-state index in [0.29, 0.717) is 12.1 Å². The fourth-order valence-electron chi connectivity index (χ4n) is 1.08. The average molecular weight is 224 g/mol. The van der Waals surface area contributed by atoms with Crippen LogP contribution in [0.2, 0.25) is 0 Å². The van der Waals surface area contributed by atoms with Crippen LogP contribution in [0.3, 0.4) is 0 Å². The summed E-state index contributed by atoms with van der Waals surface area (Å²) in [6.45, 7) is -0.813. The van der Waals surface area contributed by atoms with Crippen LogP contribution in [0.4, 0.5) is 17.6 Å². The monoisotopic (exact) mass is 224 g/mol. The Labute approximate surface area is 83.1 Å². The van der Waals surface area contributed by atoms with Crippen molar-refractivity contribution < 1.29 is 27.4 Å². The smallest absolute Gasteiger partial charge is 0.416 e. The van der Waals surface area contributed by atoms with Crippen LogP contribution in [0.5, 0.6) is 5.75 Å². The van der Waals surface area contributed by atoms with Gasteiger partial charge in [0, 0.05) is 5.56 Å². The van der Waals surface area contributed by atoms with Gasteiger partial charge in [0.25, 0.3) is 0 Å². The lowest BCUT2D eigenvalue weighted by molar-refractivity contribution is -0.137. The molecule has 6 heteroatoms. The first-order valence-electron chi connectivity index (χ1n) is 3.94. The number of rotatable bonds is 2. The highest BCUT2D eigenvalue weighted by Crippen LogP contribution is 2.34. The summed E-state index contributed by atoms with van der Waals surface area (Å²) in [7, 11) is 1.06. The third-order valence-corrected chi connectivity index (χ3v) is 1.83. The van der Waals surface area contributed by atoms with Crippen molar-refractivity contribution in [2.75, 3.05) is 7.11 Å². The van der Waals surface area contributed by atoms with Crippen molar-refractivity contribution in [2.45, 2.75) is 12.8 Å². The topological polar surface area (TPSA) is 29.5 Å². The van der Waals surface area contributed by atoms with Crippen molar-refractivity contribution in [2.24, 2.45) is 0 Å². The van der Waals surface area contributed by atoms with Crippen molar-refractivity contribution in [3.63, 3.8) is 0 Å². The number of aliphatic hydroxyl groups is 1. The molecule has 0 saturated carbocycles. The highest BCUT2D eigenvalue weighted by molar-refractivity contribution is 5.37. The zero-order valence-corrected chi connectivity index (χ0v) is 7.73. The van der Waals surface area contributed by atoms with E-state index in [1.807, 2.05) is 0 Å². The third-order valence-electron chi connectivity index (χ3n) is 1.83. The molecule has 0 atom stereocenters. The summed E-state index contributed by atoms with van der Waals surface area (Å²) in [5.74, 6) is -1.51. The standard InChI is InChI=1S/C9H8F4O2/c1-15-7-3-6(9(11,12)13)2-5(4-14)8(7)10/h2-3,14H,4H2,1H3. The molecule has 0 heterocycles. The van der Waals surface area contributed by atoms with Crippen molar-refractivity contribution in [3.05, 3.63) is 29.1 Å². The number of hydrogen-bond donors (Lipinski definition) is 1. The van der Waals surface area contributed by atoms with Gasteiger partial charge in [-0.2, -0.15) is 13.2 Å². The van der Waals surface area contributed by atoms with Gasteiger partial charge < -0.3 is 9.84 Å². The van der Waals surface area contributed by atoms with Crippen LogP contribution in [-0.4, -0.2) is 12.2 Å². The van der Waals surface area contributed by atoms with Gasteiger partial charge >= 0.3 is 6.18 Å². The fraction of sp³-hybridized carbons (Fsp3) is 0.333. The first-order valence-corrected chi connectivity index (χ1v) is 3.94. The van der Waals surface area contributed by atoms with E-state index in [1.165, 1.54) is 0 Å². The lowest BCUT2D eigenvalue weighted by atomic mass is 10.1. The van der Waals surface area contributed by atoms with Gasteiger partial charge in [0.15, 0.2) is 11.6 Å². The minimum atomic E-state index is -4.59. The van der Waals surface area contributed by atoms with Crippen LogP contribution in [-0.2, 0) is 12.8 Å². The first kappa shape index (κ1) is 11.8. The lowest BCUT2D eigenvalue weighted by Gasteiger charge is -2.11. The number of benzene rings is 1. The molecule has 0 fully saturated rings. The van der Waals surface area contributed by atoms with Gasteiger partial charge in [-0.3, -0.25) is 0 Å². The van der Waals surface area contributed by atoms with Gasteiger partial charge in [0.2, 0.25) is 0 Å². The number of hydrogen-bond acceptors (Lipinski definition) is 2. The summed E-state index contributed by atoms with van der Waals surface area (Å²) in [5.41, 5.74) is -1.49. The van der Waals surface area contributed by atoms with Gasteiger partial charge in [0.1, 0.15) is 0 Å². The Bertz CT molecular complexity index is 335. The van der Waals surface area contributed by atoms with E-state index in [-0.39, 0.29) is 0 Å². The van der Waals surface area contributed by atoms with Gasteiger partial charge in [-0.15, -0.1) is 0 Å². The van der Waals surface area contributed by atoms with E-state index < -0.39 is 35.5 Å². The molecule has 0 aromatic heterocycles. The van der Waals surface area contributed by atoms with Crippen LogP contribution < -0.4 is 4.74 Å². The van der Waals surface area contributed by atoms with E-state index in [0.717, 1.165) is 7.11 Å². The lowest BCUT2D eigenvalue weighted by Crippen LogP contribution is -2.08. The SMILES string of the molecule is COc1cc(C(F)(F)F)cc(CO)c1F. The molecule has 2 nitrogen and oxygen atoms in total. The Morgan fingerprint density at radius 2 is 1.93 bits per heavy atom. The average Bonchev–Trinajstić information content (AvgIpc) is 2.16. The van der Waals surface area contributed by atoms with E-state index in [2.05, 4.69) is 4.74 Å². The molecule has 1 aromatic rings. The molecule has 0 aliphatic rings. The van der Waals surface area contributed by atoms with Crippen molar-refractivity contribution >= 4 is 0 Å². The first-order chi connectivity index (χ1) is 6.90. The normalized spacial score (nSPS) is 11.6. The predicted octanol–water partition coefficient (Wildman–Crippen LogP) is 2.35. The minimum Gasteiger partial charge on any atom is -0.494 e. The maximum Gasteiger partial charge on any atom is 0.416 e. The second-order valence-electron chi connectivity index (χ2n) is 2.81. The number of halogens is 4. The zero-order chi connectivity index (χ0) is 11.6. The van der Waals surface area contributed by atoms with E-state index >= 15 is 0 Å². The summed E-state index contributed by atoms with van der Waals surface area (Å²) in [6.07, 6.45) is -4.59. The van der Waals surface area contributed by atoms with Crippen LogP contribution in [0.1, 0.15) is 11.1 Å². The molecule has 0 unspecified atom stereocenters. The Morgan fingerprint density at radius 3 is 2.33 bits per heavy atom. The Hall–Kier alpha value is -1.30.